The summed E-state index contributed by atoms with van der Waals surface area (Å²) in [6.45, 7) is 7.62. The van der Waals surface area contributed by atoms with E-state index in [4.69, 9.17) is 23.8 Å². The molecule has 1 N–H and O–H groups in total. The molecule has 1 heterocycles. The summed E-state index contributed by atoms with van der Waals surface area (Å²) in [5.41, 5.74) is 2.93. The van der Waals surface area contributed by atoms with Crippen molar-refractivity contribution in [2.24, 2.45) is 0 Å². The summed E-state index contributed by atoms with van der Waals surface area (Å²) >= 11 is 11.7. The lowest BCUT2D eigenvalue weighted by Gasteiger charge is -2.33. The van der Waals surface area contributed by atoms with Gasteiger partial charge in [-0.1, -0.05) is 17.7 Å². The van der Waals surface area contributed by atoms with E-state index >= 15 is 0 Å². The lowest BCUT2D eigenvalue weighted by molar-refractivity contribution is -0.132. The number of aryl methyl sites for hydroxylation is 2. The molecule has 1 aromatic carbocycles. The number of carbonyl (C=O) groups is 1. The summed E-state index contributed by atoms with van der Waals surface area (Å²) in [4.78, 5) is 18.3. The molecule has 1 amide bonds. The maximum absolute atomic E-state index is 12.4. The van der Waals surface area contributed by atoms with Gasteiger partial charge in [0.25, 0.3) is 0 Å². The molecule has 0 atom stereocenters. The topological polar surface area (TPSA) is 38.8 Å². The molecule has 1 aromatic rings. The zero-order valence-corrected chi connectivity index (χ0v) is 16.3. The van der Waals surface area contributed by atoms with Crippen molar-refractivity contribution in [3.8, 4) is 0 Å². The SMILES string of the molecule is Cc1cc(C)c(NC(=S)N(C)CC(=O)N2CCN(C)CC2)c(Cl)c1. The van der Waals surface area contributed by atoms with E-state index in [1.165, 1.54) is 0 Å². The first-order valence-corrected chi connectivity index (χ1v) is 8.81. The summed E-state index contributed by atoms with van der Waals surface area (Å²) < 4.78 is 0. The van der Waals surface area contributed by atoms with Crippen LogP contribution in [0.15, 0.2) is 12.1 Å². The van der Waals surface area contributed by atoms with Crippen molar-refractivity contribution >= 4 is 40.5 Å². The molecule has 1 fully saturated rings. The molecule has 0 aromatic heterocycles. The minimum Gasteiger partial charge on any atom is -0.343 e. The highest BCUT2D eigenvalue weighted by Gasteiger charge is 2.21. The Morgan fingerprint density at radius 3 is 2.50 bits per heavy atom. The molecule has 0 spiro atoms. The molecule has 0 unspecified atom stereocenters. The van der Waals surface area contributed by atoms with Crippen LogP contribution in [0.1, 0.15) is 11.1 Å². The number of piperazine rings is 1. The highest BCUT2D eigenvalue weighted by Crippen LogP contribution is 2.27. The molecular weight excluding hydrogens is 344 g/mol. The first kappa shape index (κ1) is 19.0. The molecule has 7 heteroatoms. The maximum Gasteiger partial charge on any atom is 0.242 e. The molecule has 2 rings (SSSR count). The number of nitrogens with zero attached hydrogens (tertiary/aromatic N) is 3. The van der Waals surface area contributed by atoms with Crippen LogP contribution in [0.3, 0.4) is 0 Å². The van der Waals surface area contributed by atoms with Gasteiger partial charge in [-0.3, -0.25) is 4.79 Å². The lowest BCUT2D eigenvalue weighted by Crippen LogP contribution is -2.50. The normalized spacial score (nSPS) is 15.3. The van der Waals surface area contributed by atoms with Gasteiger partial charge in [-0.05, 0) is 50.3 Å². The zero-order valence-electron chi connectivity index (χ0n) is 14.7. The van der Waals surface area contributed by atoms with Crippen LogP contribution < -0.4 is 5.32 Å². The van der Waals surface area contributed by atoms with E-state index < -0.39 is 0 Å². The predicted molar refractivity (Wildman–Crippen MR) is 104 cm³/mol. The average Bonchev–Trinajstić information content (AvgIpc) is 2.51. The number of rotatable bonds is 3. The Bertz CT molecular complexity index is 606. The van der Waals surface area contributed by atoms with Crippen LogP contribution in [0.4, 0.5) is 5.69 Å². The number of carbonyl (C=O) groups excluding carboxylic acids is 1. The Hall–Kier alpha value is -1.37. The van der Waals surface area contributed by atoms with Crippen LogP contribution in [0, 0.1) is 13.8 Å². The smallest absolute Gasteiger partial charge is 0.242 e. The van der Waals surface area contributed by atoms with E-state index in [0.717, 1.165) is 43.0 Å². The van der Waals surface area contributed by atoms with Crippen molar-refractivity contribution in [1.29, 1.82) is 0 Å². The molecule has 132 valence electrons. The fourth-order valence-electron chi connectivity index (χ4n) is 2.71. The molecule has 0 aliphatic carbocycles. The summed E-state index contributed by atoms with van der Waals surface area (Å²) in [7, 11) is 3.89. The molecule has 0 saturated carbocycles. The van der Waals surface area contributed by atoms with Crippen LogP contribution in [0.5, 0.6) is 0 Å². The van der Waals surface area contributed by atoms with Crippen LogP contribution in [0.2, 0.25) is 5.02 Å². The van der Waals surface area contributed by atoms with Gasteiger partial charge in [0.1, 0.15) is 0 Å². The number of amides is 1. The van der Waals surface area contributed by atoms with Gasteiger partial charge in [-0.15, -0.1) is 0 Å². The predicted octanol–water partition coefficient (Wildman–Crippen LogP) is 2.36. The molecule has 1 aliphatic rings. The third kappa shape index (κ3) is 4.82. The zero-order chi connectivity index (χ0) is 17.9. The van der Waals surface area contributed by atoms with Gasteiger partial charge in [0.2, 0.25) is 5.91 Å². The van der Waals surface area contributed by atoms with E-state index in [2.05, 4.69) is 17.3 Å². The Morgan fingerprint density at radius 2 is 1.92 bits per heavy atom. The van der Waals surface area contributed by atoms with Crippen molar-refractivity contribution in [1.82, 2.24) is 14.7 Å². The van der Waals surface area contributed by atoms with Crippen molar-refractivity contribution in [2.45, 2.75) is 13.8 Å². The molecule has 0 bridgehead atoms. The third-order valence-corrected chi connectivity index (χ3v) is 4.95. The van der Waals surface area contributed by atoms with E-state index in [0.29, 0.717) is 10.1 Å². The Balaban J connectivity index is 1.94. The number of hydrogen-bond donors (Lipinski definition) is 1. The largest absolute Gasteiger partial charge is 0.343 e. The average molecular weight is 369 g/mol. The van der Waals surface area contributed by atoms with E-state index in [9.17, 15) is 4.79 Å². The van der Waals surface area contributed by atoms with Crippen LogP contribution in [-0.4, -0.2) is 72.5 Å². The summed E-state index contributed by atoms with van der Waals surface area (Å²) in [6.07, 6.45) is 0. The van der Waals surface area contributed by atoms with E-state index in [1.54, 1.807) is 4.90 Å². The first-order chi connectivity index (χ1) is 11.3. The Labute approximate surface area is 154 Å². The Morgan fingerprint density at radius 1 is 1.29 bits per heavy atom. The molecule has 5 nitrogen and oxygen atoms in total. The molecule has 24 heavy (non-hydrogen) atoms. The number of anilines is 1. The minimum atomic E-state index is 0.0986. The standard InChI is InChI=1S/C17H25ClN4OS/c1-12-9-13(2)16(14(18)10-12)19-17(24)21(4)11-15(23)22-7-5-20(3)6-8-22/h9-10H,5-8,11H2,1-4H3,(H,19,24). The Kier molecular flexibility index (Phi) is 6.43. The fraction of sp³-hybridized carbons (Fsp3) is 0.529. The first-order valence-electron chi connectivity index (χ1n) is 8.03. The summed E-state index contributed by atoms with van der Waals surface area (Å²) in [5, 5.41) is 4.29. The van der Waals surface area contributed by atoms with Crippen LogP contribution in [-0.2, 0) is 4.79 Å². The van der Waals surface area contributed by atoms with Crippen molar-refractivity contribution in [3.05, 3.63) is 28.3 Å². The number of thiocarbonyl (C=S) groups is 1. The third-order valence-electron chi connectivity index (χ3n) is 4.24. The highest BCUT2D eigenvalue weighted by molar-refractivity contribution is 7.80. The molecule has 0 radical (unpaired) electrons. The number of nitrogens with one attached hydrogen (secondary N) is 1. The van der Waals surface area contributed by atoms with Crippen LogP contribution >= 0.6 is 23.8 Å². The highest BCUT2D eigenvalue weighted by atomic mass is 35.5. The molecule has 1 aliphatic heterocycles. The van der Waals surface area contributed by atoms with Crippen molar-refractivity contribution in [3.63, 3.8) is 0 Å². The summed E-state index contributed by atoms with van der Waals surface area (Å²) in [5.74, 6) is 0.0986. The van der Waals surface area contributed by atoms with Gasteiger partial charge >= 0.3 is 0 Å². The van der Waals surface area contributed by atoms with Gasteiger partial charge in [0, 0.05) is 33.2 Å². The summed E-state index contributed by atoms with van der Waals surface area (Å²) in [6, 6.07) is 3.95. The van der Waals surface area contributed by atoms with E-state index in [-0.39, 0.29) is 12.5 Å². The molecular formula is C17H25ClN4OS. The van der Waals surface area contributed by atoms with Gasteiger partial charge in [0.15, 0.2) is 5.11 Å². The number of hydrogen-bond acceptors (Lipinski definition) is 3. The van der Waals surface area contributed by atoms with Gasteiger partial charge in [-0.2, -0.15) is 0 Å². The minimum absolute atomic E-state index is 0.0986. The second kappa shape index (κ2) is 8.14. The second-order valence-electron chi connectivity index (χ2n) is 6.41. The van der Waals surface area contributed by atoms with E-state index in [1.807, 2.05) is 37.9 Å². The van der Waals surface area contributed by atoms with Gasteiger partial charge < -0.3 is 20.0 Å². The number of likely N-dealkylation sites (N-methyl/N-ethyl adjacent to an activating group) is 2. The van der Waals surface area contributed by atoms with Gasteiger partial charge in [-0.25, -0.2) is 0 Å². The number of halogens is 1. The van der Waals surface area contributed by atoms with Crippen molar-refractivity contribution < 1.29 is 4.79 Å². The monoisotopic (exact) mass is 368 g/mol. The quantitative estimate of drug-likeness (QED) is 0.829. The lowest BCUT2D eigenvalue weighted by atomic mass is 10.1. The maximum atomic E-state index is 12.4. The van der Waals surface area contributed by atoms with Gasteiger partial charge in [0.05, 0.1) is 17.3 Å². The fourth-order valence-corrected chi connectivity index (χ4v) is 3.24. The van der Waals surface area contributed by atoms with Crippen LogP contribution in [0.25, 0.3) is 0 Å². The molecule has 1 saturated heterocycles. The number of benzene rings is 1. The second-order valence-corrected chi connectivity index (χ2v) is 7.20. The van der Waals surface area contributed by atoms with Crippen molar-refractivity contribution in [2.75, 3.05) is 52.1 Å².